The van der Waals surface area contributed by atoms with Crippen LogP contribution in [0.1, 0.15) is 17.7 Å². The van der Waals surface area contributed by atoms with Gasteiger partial charge in [-0.3, -0.25) is 4.79 Å². The number of rotatable bonds is 7. The standard InChI is InChI=1S/C16H19N5OS/c17-15(22)5-6-21-9-11(13-3-1-2-4-14(13)21)7-19-8-12-10-23-16(18)20-12/h1-4,9-10,19H,5-8H2,(H2,17,22)(H2,18,20). The number of nitrogen functional groups attached to an aromatic ring is 1. The number of nitrogens with zero attached hydrogens (tertiary/aromatic N) is 2. The lowest BCUT2D eigenvalue weighted by Gasteiger charge is -2.02. The van der Waals surface area contributed by atoms with Crippen LogP contribution in [0.3, 0.4) is 0 Å². The Bertz CT molecular complexity index is 823. The predicted octanol–water partition coefficient (Wildman–Crippen LogP) is 1.85. The topological polar surface area (TPSA) is 99.0 Å². The van der Waals surface area contributed by atoms with Crippen LogP contribution in [-0.4, -0.2) is 15.5 Å². The summed E-state index contributed by atoms with van der Waals surface area (Å²) >= 11 is 1.45. The van der Waals surface area contributed by atoms with Crippen LogP contribution < -0.4 is 16.8 Å². The lowest BCUT2D eigenvalue weighted by atomic mass is 10.2. The first-order valence-corrected chi connectivity index (χ1v) is 8.27. The summed E-state index contributed by atoms with van der Waals surface area (Å²) in [6.45, 7) is 1.99. The number of fused-ring (bicyclic) bond motifs is 1. The summed E-state index contributed by atoms with van der Waals surface area (Å²) in [4.78, 5) is 15.3. The number of primary amides is 1. The van der Waals surface area contributed by atoms with Crippen LogP contribution in [0.5, 0.6) is 0 Å². The molecular weight excluding hydrogens is 310 g/mol. The van der Waals surface area contributed by atoms with Crippen molar-refractivity contribution in [2.45, 2.75) is 26.1 Å². The zero-order valence-corrected chi connectivity index (χ0v) is 13.5. The molecule has 0 saturated heterocycles. The highest BCUT2D eigenvalue weighted by Crippen LogP contribution is 2.21. The molecule has 2 aromatic heterocycles. The number of amides is 1. The molecule has 0 bridgehead atoms. The minimum atomic E-state index is -0.288. The summed E-state index contributed by atoms with van der Waals surface area (Å²) in [5.41, 5.74) is 14.1. The van der Waals surface area contributed by atoms with E-state index in [1.807, 2.05) is 17.5 Å². The van der Waals surface area contributed by atoms with Gasteiger partial charge in [-0.05, 0) is 11.6 Å². The molecule has 6 nitrogen and oxygen atoms in total. The molecule has 0 unspecified atom stereocenters. The fourth-order valence-electron chi connectivity index (χ4n) is 2.61. The molecule has 0 aliphatic carbocycles. The van der Waals surface area contributed by atoms with Gasteiger partial charge in [0.05, 0.1) is 5.69 Å². The number of benzene rings is 1. The van der Waals surface area contributed by atoms with Gasteiger partial charge >= 0.3 is 0 Å². The van der Waals surface area contributed by atoms with Crippen LogP contribution in [0, 0.1) is 0 Å². The number of carbonyl (C=O) groups is 1. The normalized spacial score (nSPS) is 11.1. The lowest BCUT2D eigenvalue weighted by Crippen LogP contribution is -2.14. The van der Waals surface area contributed by atoms with Crippen LogP contribution in [0.15, 0.2) is 35.8 Å². The molecule has 3 aromatic rings. The van der Waals surface area contributed by atoms with Crippen molar-refractivity contribution in [2.24, 2.45) is 5.73 Å². The maximum atomic E-state index is 11.0. The van der Waals surface area contributed by atoms with E-state index in [4.69, 9.17) is 11.5 Å². The fraction of sp³-hybridized carbons (Fsp3) is 0.250. The molecule has 5 N–H and O–H groups in total. The Hall–Kier alpha value is -2.38. The van der Waals surface area contributed by atoms with Gasteiger partial charge in [0.2, 0.25) is 5.91 Å². The van der Waals surface area contributed by atoms with Gasteiger partial charge in [0.1, 0.15) is 0 Å². The van der Waals surface area contributed by atoms with E-state index in [0.29, 0.717) is 24.6 Å². The molecule has 0 spiro atoms. The Kier molecular flexibility index (Phi) is 4.59. The summed E-state index contributed by atoms with van der Waals surface area (Å²) in [5, 5.41) is 7.11. The quantitative estimate of drug-likeness (QED) is 0.616. The molecule has 0 radical (unpaired) electrons. The van der Waals surface area contributed by atoms with E-state index in [1.165, 1.54) is 22.3 Å². The van der Waals surface area contributed by atoms with Crippen molar-refractivity contribution in [3.05, 3.63) is 47.1 Å². The Morgan fingerprint density at radius 3 is 2.87 bits per heavy atom. The van der Waals surface area contributed by atoms with Crippen LogP contribution in [0.4, 0.5) is 5.13 Å². The van der Waals surface area contributed by atoms with Crippen molar-refractivity contribution in [1.29, 1.82) is 0 Å². The minimum absolute atomic E-state index is 0.288. The molecule has 23 heavy (non-hydrogen) atoms. The molecule has 3 rings (SSSR count). The molecule has 2 heterocycles. The third-order valence-electron chi connectivity index (χ3n) is 3.66. The first kappa shape index (κ1) is 15.5. The third kappa shape index (κ3) is 3.69. The van der Waals surface area contributed by atoms with E-state index in [0.717, 1.165) is 17.8 Å². The van der Waals surface area contributed by atoms with Gasteiger partial charge < -0.3 is 21.4 Å². The maximum Gasteiger partial charge on any atom is 0.219 e. The average Bonchev–Trinajstić information content (AvgIpc) is 3.10. The minimum Gasteiger partial charge on any atom is -0.375 e. The predicted molar refractivity (Wildman–Crippen MR) is 92.8 cm³/mol. The van der Waals surface area contributed by atoms with Gasteiger partial charge in [-0.15, -0.1) is 11.3 Å². The van der Waals surface area contributed by atoms with Gasteiger partial charge in [0, 0.05) is 48.5 Å². The Labute approximate surface area is 138 Å². The zero-order valence-electron chi connectivity index (χ0n) is 12.7. The molecule has 0 aliphatic heterocycles. The number of hydrogen-bond acceptors (Lipinski definition) is 5. The van der Waals surface area contributed by atoms with Crippen molar-refractivity contribution >= 4 is 33.3 Å². The molecule has 1 aromatic carbocycles. The summed E-state index contributed by atoms with van der Waals surface area (Å²) in [6, 6.07) is 8.17. The van der Waals surface area contributed by atoms with Crippen molar-refractivity contribution in [1.82, 2.24) is 14.9 Å². The largest absolute Gasteiger partial charge is 0.375 e. The van der Waals surface area contributed by atoms with E-state index < -0.39 is 0 Å². The van der Waals surface area contributed by atoms with Crippen molar-refractivity contribution < 1.29 is 4.79 Å². The number of aryl methyl sites for hydroxylation is 1. The van der Waals surface area contributed by atoms with Crippen LogP contribution >= 0.6 is 11.3 Å². The van der Waals surface area contributed by atoms with Crippen LogP contribution in [0.25, 0.3) is 10.9 Å². The first-order valence-electron chi connectivity index (χ1n) is 7.39. The third-order valence-corrected chi connectivity index (χ3v) is 4.38. The second-order valence-electron chi connectivity index (χ2n) is 5.36. The van der Waals surface area contributed by atoms with E-state index >= 15 is 0 Å². The number of thiazole rings is 1. The Balaban J connectivity index is 1.73. The number of anilines is 1. The molecular formula is C16H19N5OS. The molecule has 0 fully saturated rings. The second kappa shape index (κ2) is 6.80. The Morgan fingerprint density at radius 2 is 2.13 bits per heavy atom. The summed E-state index contributed by atoms with van der Waals surface area (Å²) in [7, 11) is 0. The average molecular weight is 329 g/mol. The van der Waals surface area contributed by atoms with Crippen LogP contribution in [-0.2, 0) is 24.4 Å². The first-order chi connectivity index (χ1) is 11.1. The lowest BCUT2D eigenvalue weighted by molar-refractivity contribution is -0.118. The highest BCUT2D eigenvalue weighted by Gasteiger charge is 2.09. The number of hydrogen-bond donors (Lipinski definition) is 3. The molecule has 0 saturated carbocycles. The zero-order chi connectivity index (χ0) is 16.2. The van der Waals surface area contributed by atoms with Gasteiger partial charge in [-0.25, -0.2) is 4.98 Å². The second-order valence-corrected chi connectivity index (χ2v) is 6.25. The van der Waals surface area contributed by atoms with Crippen molar-refractivity contribution in [2.75, 3.05) is 5.73 Å². The van der Waals surface area contributed by atoms with Crippen molar-refractivity contribution in [3.63, 3.8) is 0 Å². The van der Waals surface area contributed by atoms with Crippen LogP contribution in [0.2, 0.25) is 0 Å². The fourth-order valence-corrected chi connectivity index (χ4v) is 3.17. The van der Waals surface area contributed by atoms with Gasteiger partial charge in [0.15, 0.2) is 5.13 Å². The maximum absolute atomic E-state index is 11.0. The molecule has 120 valence electrons. The van der Waals surface area contributed by atoms with Crippen molar-refractivity contribution in [3.8, 4) is 0 Å². The number of nitrogens with two attached hydrogens (primary N) is 2. The van der Waals surface area contributed by atoms with Gasteiger partial charge in [0.25, 0.3) is 0 Å². The molecule has 1 amide bonds. The Morgan fingerprint density at radius 1 is 1.30 bits per heavy atom. The summed E-state index contributed by atoms with van der Waals surface area (Å²) in [5.74, 6) is -0.288. The highest BCUT2D eigenvalue weighted by molar-refractivity contribution is 7.13. The SMILES string of the molecule is NC(=O)CCn1cc(CNCc2csc(N)n2)c2ccccc21. The van der Waals surface area contributed by atoms with E-state index in [1.54, 1.807) is 0 Å². The van der Waals surface area contributed by atoms with Gasteiger partial charge in [-0.1, -0.05) is 18.2 Å². The van der Waals surface area contributed by atoms with E-state index in [9.17, 15) is 4.79 Å². The van der Waals surface area contributed by atoms with Gasteiger partial charge in [-0.2, -0.15) is 0 Å². The molecule has 0 aliphatic rings. The number of aromatic nitrogens is 2. The number of para-hydroxylation sites is 1. The molecule has 7 heteroatoms. The van der Waals surface area contributed by atoms with E-state index in [-0.39, 0.29) is 5.91 Å². The number of carbonyl (C=O) groups excluding carboxylic acids is 1. The summed E-state index contributed by atoms with van der Waals surface area (Å²) in [6.07, 6.45) is 2.42. The highest BCUT2D eigenvalue weighted by atomic mass is 32.1. The van der Waals surface area contributed by atoms with E-state index in [2.05, 4.69) is 33.2 Å². The summed E-state index contributed by atoms with van der Waals surface area (Å²) < 4.78 is 2.08. The molecule has 0 atom stereocenters. The monoisotopic (exact) mass is 329 g/mol. The number of nitrogens with one attached hydrogen (secondary N) is 1. The smallest absolute Gasteiger partial charge is 0.219 e.